The molecule has 0 atom stereocenters. The maximum Gasteiger partial charge on any atom is 0.339 e. The highest BCUT2D eigenvalue weighted by molar-refractivity contribution is 5.91. The first-order valence-electron chi connectivity index (χ1n) is 6.97. The molecule has 1 aromatic rings. The Hall–Kier alpha value is -2.11. The maximum atomic E-state index is 11.2. The van der Waals surface area contributed by atoms with E-state index in [1.165, 1.54) is 18.2 Å². The van der Waals surface area contributed by atoms with Crippen molar-refractivity contribution < 1.29 is 19.6 Å². The summed E-state index contributed by atoms with van der Waals surface area (Å²) in [6.07, 6.45) is 3.56. The van der Waals surface area contributed by atoms with Gasteiger partial charge < -0.3 is 9.84 Å². The van der Waals surface area contributed by atoms with Gasteiger partial charge in [0.1, 0.15) is 11.3 Å². The van der Waals surface area contributed by atoms with Crippen LogP contribution in [0.4, 0.5) is 5.69 Å². The lowest BCUT2D eigenvalue weighted by Gasteiger charge is -2.34. The zero-order valence-electron chi connectivity index (χ0n) is 12.2. The molecule has 2 rings (SSSR count). The summed E-state index contributed by atoms with van der Waals surface area (Å²) in [5, 5.41) is 20.0. The van der Waals surface area contributed by atoms with Crippen LogP contribution in [-0.2, 0) is 0 Å². The van der Waals surface area contributed by atoms with E-state index < -0.39 is 10.9 Å². The molecule has 1 aliphatic carbocycles. The highest BCUT2D eigenvalue weighted by atomic mass is 16.6. The van der Waals surface area contributed by atoms with E-state index in [9.17, 15) is 14.9 Å². The number of hydrogen-bond acceptors (Lipinski definition) is 4. The molecule has 0 spiro atoms. The number of carboxylic acid groups (broad SMARTS) is 1. The molecule has 0 amide bonds. The van der Waals surface area contributed by atoms with Crippen LogP contribution in [0, 0.1) is 15.5 Å². The molecule has 0 aliphatic heterocycles. The minimum Gasteiger partial charge on any atom is -0.489 e. The highest BCUT2D eigenvalue weighted by Crippen LogP contribution is 2.37. The van der Waals surface area contributed by atoms with E-state index in [4.69, 9.17) is 9.84 Å². The number of rotatable bonds is 4. The number of ether oxygens (including phenoxy) is 1. The Balaban J connectivity index is 2.19. The van der Waals surface area contributed by atoms with Gasteiger partial charge in [0.05, 0.1) is 17.1 Å². The molecule has 0 saturated heterocycles. The summed E-state index contributed by atoms with van der Waals surface area (Å²) < 4.78 is 5.75. The van der Waals surface area contributed by atoms with Gasteiger partial charge in [-0.3, -0.25) is 10.1 Å². The van der Waals surface area contributed by atoms with Crippen LogP contribution in [-0.4, -0.2) is 22.1 Å². The van der Waals surface area contributed by atoms with Crippen molar-refractivity contribution in [3.05, 3.63) is 33.9 Å². The van der Waals surface area contributed by atoms with Crippen LogP contribution in [0.15, 0.2) is 18.2 Å². The number of aromatic carboxylic acids is 1. The first-order chi connectivity index (χ1) is 9.78. The fourth-order valence-electron chi connectivity index (χ4n) is 2.57. The molecular formula is C15H19NO5. The lowest BCUT2D eigenvalue weighted by atomic mass is 9.76. The van der Waals surface area contributed by atoms with Crippen molar-refractivity contribution in [2.24, 2.45) is 5.41 Å². The summed E-state index contributed by atoms with van der Waals surface area (Å²) in [5.74, 6) is -1.06. The molecule has 6 nitrogen and oxygen atoms in total. The van der Waals surface area contributed by atoms with Crippen LogP contribution >= 0.6 is 0 Å². The molecule has 0 radical (unpaired) electrons. The molecule has 6 heteroatoms. The second kappa shape index (κ2) is 5.71. The van der Waals surface area contributed by atoms with Crippen LogP contribution in [0.1, 0.15) is 49.9 Å². The molecule has 114 valence electrons. The largest absolute Gasteiger partial charge is 0.489 e. The summed E-state index contributed by atoms with van der Waals surface area (Å²) in [6.45, 7) is 4.39. The molecule has 1 aromatic carbocycles. The van der Waals surface area contributed by atoms with Crippen molar-refractivity contribution in [1.29, 1.82) is 0 Å². The number of carbonyl (C=O) groups is 1. The van der Waals surface area contributed by atoms with Gasteiger partial charge in [-0.05, 0) is 37.2 Å². The molecule has 0 bridgehead atoms. The lowest BCUT2D eigenvalue weighted by Crippen LogP contribution is -2.28. The predicted octanol–water partition coefficient (Wildman–Crippen LogP) is 3.64. The third-order valence-electron chi connectivity index (χ3n) is 3.99. The Kier molecular flexibility index (Phi) is 4.16. The average Bonchev–Trinajstić information content (AvgIpc) is 2.40. The molecule has 1 fully saturated rings. The molecular weight excluding hydrogens is 274 g/mol. The van der Waals surface area contributed by atoms with Crippen LogP contribution < -0.4 is 4.74 Å². The SMILES string of the molecule is CC1(C)CCC(Oc2cc([N+](=O)[O-])ccc2C(=O)O)CC1. The molecule has 1 aliphatic rings. The Bertz CT molecular complexity index is 557. The first kappa shape index (κ1) is 15.3. The fourth-order valence-corrected chi connectivity index (χ4v) is 2.57. The minimum absolute atomic E-state index is 0.0366. The number of carboxylic acids is 1. The van der Waals surface area contributed by atoms with Crippen molar-refractivity contribution in [2.45, 2.75) is 45.6 Å². The van der Waals surface area contributed by atoms with E-state index in [0.29, 0.717) is 0 Å². The van der Waals surface area contributed by atoms with E-state index in [1.807, 2.05) is 0 Å². The Labute approximate surface area is 122 Å². The molecule has 21 heavy (non-hydrogen) atoms. The standard InChI is InChI=1S/C15H19NO5/c1-15(2)7-5-11(6-8-15)21-13-9-10(16(19)20)3-4-12(13)14(17)18/h3-4,9,11H,5-8H2,1-2H3,(H,17,18). The summed E-state index contributed by atoms with van der Waals surface area (Å²) >= 11 is 0. The van der Waals surface area contributed by atoms with Gasteiger partial charge in [0.2, 0.25) is 0 Å². The Morgan fingerprint density at radius 1 is 1.38 bits per heavy atom. The highest BCUT2D eigenvalue weighted by Gasteiger charge is 2.29. The maximum absolute atomic E-state index is 11.2. The molecule has 0 unspecified atom stereocenters. The number of nitro groups is 1. The number of non-ortho nitro benzene ring substituents is 1. The van der Waals surface area contributed by atoms with Gasteiger partial charge in [0, 0.05) is 6.07 Å². The van der Waals surface area contributed by atoms with Crippen LogP contribution in [0.5, 0.6) is 5.75 Å². The van der Waals surface area contributed by atoms with Crippen molar-refractivity contribution in [2.75, 3.05) is 0 Å². The van der Waals surface area contributed by atoms with Gasteiger partial charge in [-0.15, -0.1) is 0 Å². The molecule has 0 aromatic heterocycles. The summed E-state index contributed by atoms with van der Waals surface area (Å²) in [5.41, 5.74) is 0.0783. The number of hydrogen-bond donors (Lipinski definition) is 1. The lowest BCUT2D eigenvalue weighted by molar-refractivity contribution is -0.385. The van der Waals surface area contributed by atoms with Crippen molar-refractivity contribution in [3.63, 3.8) is 0 Å². The van der Waals surface area contributed by atoms with Gasteiger partial charge in [-0.2, -0.15) is 0 Å². The van der Waals surface area contributed by atoms with Gasteiger partial charge in [-0.25, -0.2) is 4.79 Å². The van der Waals surface area contributed by atoms with E-state index in [1.54, 1.807) is 0 Å². The number of benzene rings is 1. The van der Waals surface area contributed by atoms with Gasteiger partial charge >= 0.3 is 5.97 Å². The van der Waals surface area contributed by atoms with E-state index in [2.05, 4.69) is 13.8 Å². The number of nitro benzene ring substituents is 1. The van der Waals surface area contributed by atoms with Crippen LogP contribution in [0.2, 0.25) is 0 Å². The third kappa shape index (κ3) is 3.71. The fraction of sp³-hybridized carbons (Fsp3) is 0.533. The average molecular weight is 293 g/mol. The zero-order chi connectivity index (χ0) is 15.6. The quantitative estimate of drug-likeness (QED) is 0.676. The monoisotopic (exact) mass is 293 g/mol. The predicted molar refractivity (Wildman–Crippen MR) is 76.7 cm³/mol. The Morgan fingerprint density at radius 3 is 2.52 bits per heavy atom. The zero-order valence-corrected chi connectivity index (χ0v) is 12.2. The molecule has 0 heterocycles. The topological polar surface area (TPSA) is 89.7 Å². The summed E-state index contributed by atoms with van der Waals surface area (Å²) in [4.78, 5) is 21.5. The normalized spacial score (nSPS) is 18.2. The molecule has 1 saturated carbocycles. The van der Waals surface area contributed by atoms with Crippen LogP contribution in [0.3, 0.4) is 0 Å². The van der Waals surface area contributed by atoms with E-state index in [0.717, 1.165) is 25.7 Å². The Morgan fingerprint density at radius 2 is 2.00 bits per heavy atom. The van der Waals surface area contributed by atoms with Crippen LogP contribution in [0.25, 0.3) is 0 Å². The number of nitrogens with zero attached hydrogens (tertiary/aromatic N) is 1. The second-order valence-corrected chi connectivity index (χ2v) is 6.22. The third-order valence-corrected chi connectivity index (χ3v) is 3.99. The minimum atomic E-state index is -1.14. The second-order valence-electron chi connectivity index (χ2n) is 6.22. The van der Waals surface area contributed by atoms with Crippen molar-refractivity contribution >= 4 is 11.7 Å². The summed E-state index contributed by atoms with van der Waals surface area (Å²) in [6, 6.07) is 3.60. The van der Waals surface area contributed by atoms with E-state index in [-0.39, 0.29) is 28.5 Å². The smallest absolute Gasteiger partial charge is 0.339 e. The first-order valence-corrected chi connectivity index (χ1v) is 6.97. The van der Waals surface area contributed by atoms with Crippen molar-refractivity contribution in [1.82, 2.24) is 0 Å². The van der Waals surface area contributed by atoms with Gasteiger partial charge in [-0.1, -0.05) is 13.8 Å². The molecule has 1 N–H and O–H groups in total. The van der Waals surface area contributed by atoms with E-state index >= 15 is 0 Å². The summed E-state index contributed by atoms with van der Waals surface area (Å²) in [7, 11) is 0. The van der Waals surface area contributed by atoms with Gasteiger partial charge in [0.25, 0.3) is 5.69 Å². The van der Waals surface area contributed by atoms with Crippen molar-refractivity contribution in [3.8, 4) is 5.75 Å². The van der Waals surface area contributed by atoms with Gasteiger partial charge in [0.15, 0.2) is 0 Å².